The SMILES string of the molecule is CCCCCCOc1ccc(-c2n[nH]c(C)c2C(=O)O)cc1Br. The van der Waals surface area contributed by atoms with Gasteiger partial charge in [0, 0.05) is 11.3 Å². The largest absolute Gasteiger partial charge is 0.492 e. The molecule has 2 N–H and O–H groups in total. The minimum absolute atomic E-state index is 0.199. The molecule has 0 radical (unpaired) electrons. The van der Waals surface area contributed by atoms with Gasteiger partial charge in [0.2, 0.25) is 0 Å². The average molecular weight is 381 g/mol. The van der Waals surface area contributed by atoms with Gasteiger partial charge in [-0.2, -0.15) is 5.10 Å². The zero-order chi connectivity index (χ0) is 16.8. The fraction of sp³-hybridized carbons (Fsp3) is 0.412. The fourth-order valence-electron chi connectivity index (χ4n) is 2.38. The number of H-pyrrole nitrogens is 1. The topological polar surface area (TPSA) is 75.2 Å². The Morgan fingerprint density at radius 3 is 2.78 bits per heavy atom. The Balaban J connectivity index is 2.12. The molecule has 1 aromatic heterocycles. The normalized spacial score (nSPS) is 10.7. The molecule has 1 aromatic carbocycles. The van der Waals surface area contributed by atoms with Gasteiger partial charge >= 0.3 is 5.97 Å². The minimum Gasteiger partial charge on any atom is -0.492 e. The lowest BCUT2D eigenvalue weighted by Crippen LogP contribution is -2.00. The first-order valence-corrected chi connectivity index (χ1v) is 8.54. The number of aromatic carboxylic acids is 1. The third kappa shape index (κ3) is 4.34. The zero-order valence-electron chi connectivity index (χ0n) is 13.4. The van der Waals surface area contributed by atoms with E-state index < -0.39 is 5.97 Å². The summed E-state index contributed by atoms with van der Waals surface area (Å²) in [6.07, 6.45) is 4.62. The van der Waals surface area contributed by atoms with E-state index in [0.29, 0.717) is 18.0 Å². The van der Waals surface area contributed by atoms with E-state index in [0.717, 1.165) is 22.2 Å². The number of hydrogen-bond donors (Lipinski definition) is 2. The molecule has 1 heterocycles. The van der Waals surface area contributed by atoms with Crippen LogP contribution in [0.2, 0.25) is 0 Å². The molecule has 0 atom stereocenters. The molecule has 0 aliphatic carbocycles. The van der Waals surface area contributed by atoms with Gasteiger partial charge in [-0.05, 0) is 47.5 Å². The van der Waals surface area contributed by atoms with Crippen molar-refractivity contribution in [3.8, 4) is 17.0 Å². The number of nitrogens with zero attached hydrogens (tertiary/aromatic N) is 1. The van der Waals surface area contributed by atoms with Crippen molar-refractivity contribution in [3.05, 3.63) is 33.9 Å². The highest BCUT2D eigenvalue weighted by molar-refractivity contribution is 9.10. The first-order chi connectivity index (χ1) is 11.0. The number of carbonyl (C=O) groups is 1. The Morgan fingerprint density at radius 1 is 1.35 bits per heavy atom. The van der Waals surface area contributed by atoms with Crippen LogP contribution in [0.4, 0.5) is 0 Å². The van der Waals surface area contributed by atoms with Gasteiger partial charge in [0.05, 0.1) is 11.1 Å². The molecule has 23 heavy (non-hydrogen) atoms. The Bertz CT molecular complexity index is 682. The third-order valence-electron chi connectivity index (χ3n) is 3.62. The summed E-state index contributed by atoms with van der Waals surface area (Å²) in [6, 6.07) is 5.51. The summed E-state index contributed by atoms with van der Waals surface area (Å²) >= 11 is 3.49. The number of benzene rings is 1. The highest BCUT2D eigenvalue weighted by atomic mass is 79.9. The smallest absolute Gasteiger partial charge is 0.339 e. The number of carboxylic acids is 1. The summed E-state index contributed by atoms with van der Waals surface area (Å²) in [4.78, 5) is 11.4. The standard InChI is InChI=1S/C17H21BrN2O3/c1-3-4-5-6-9-23-14-8-7-12(10-13(14)18)16-15(17(21)22)11(2)19-20-16/h7-8,10H,3-6,9H2,1-2H3,(H,19,20)(H,21,22). The molecule has 124 valence electrons. The van der Waals surface area contributed by atoms with Gasteiger partial charge in [-0.25, -0.2) is 4.79 Å². The number of aromatic nitrogens is 2. The Morgan fingerprint density at radius 2 is 2.13 bits per heavy atom. The van der Waals surface area contributed by atoms with E-state index in [1.54, 1.807) is 6.92 Å². The number of nitrogens with one attached hydrogen (secondary N) is 1. The predicted octanol–water partition coefficient (Wildman–Crippen LogP) is 4.80. The van der Waals surface area contributed by atoms with Gasteiger partial charge in [0.15, 0.2) is 0 Å². The Kier molecular flexibility index (Phi) is 6.21. The fourth-order valence-corrected chi connectivity index (χ4v) is 2.87. The zero-order valence-corrected chi connectivity index (χ0v) is 14.9. The highest BCUT2D eigenvalue weighted by Crippen LogP contribution is 2.32. The molecule has 0 saturated carbocycles. The van der Waals surface area contributed by atoms with E-state index in [1.165, 1.54) is 19.3 Å². The van der Waals surface area contributed by atoms with Gasteiger partial charge in [-0.1, -0.05) is 26.2 Å². The van der Waals surface area contributed by atoms with Gasteiger partial charge < -0.3 is 9.84 Å². The van der Waals surface area contributed by atoms with E-state index in [2.05, 4.69) is 33.1 Å². The molecule has 0 saturated heterocycles. The summed E-state index contributed by atoms with van der Waals surface area (Å²) in [6.45, 7) is 4.56. The predicted molar refractivity (Wildman–Crippen MR) is 93.1 cm³/mol. The van der Waals surface area contributed by atoms with Gasteiger partial charge in [0.1, 0.15) is 17.0 Å². The van der Waals surface area contributed by atoms with Crippen molar-refractivity contribution in [1.82, 2.24) is 10.2 Å². The molecule has 2 aromatic rings. The van der Waals surface area contributed by atoms with Crippen molar-refractivity contribution in [2.45, 2.75) is 39.5 Å². The first-order valence-electron chi connectivity index (χ1n) is 7.75. The second-order valence-electron chi connectivity index (χ2n) is 5.43. The number of aromatic amines is 1. The van der Waals surface area contributed by atoms with E-state index in [-0.39, 0.29) is 5.56 Å². The van der Waals surface area contributed by atoms with E-state index in [1.807, 2.05) is 18.2 Å². The highest BCUT2D eigenvalue weighted by Gasteiger charge is 2.19. The molecule has 5 nitrogen and oxygen atoms in total. The summed E-state index contributed by atoms with van der Waals surface area (Å²) in [5.41, 5.74) is 1.91. The second-order valence-corrected chi connectivity index (χ2v) is 6.29. The number of halogens is 1. The lowest BCUT2D eigenvalue weighted by atomic mass is 10.1. The van der Waals surface area contributed by atoms with Gasteiger partial charge in [0.25, 0.3) is 0 Å². The van der Waals surface area contributed by atoms with Crippen LogP contribution in [0.3, 0.4) is 0 Å². The number of ether oxygens (including phenoxy) is 1. The first kappa shape index (κ1) is 17.5. The molecular weight excluding hydrogens is 360 g/mol. The summed E-state index contributed by atoms with van der Waals surface area (Å²) in [5, 5.41) is 16.1. The molecule has 2 rings (SSSR count). The third-order valence-corrected chi connectivity index (χ3v) is 4.24. The van der Waals surface area contributed by atoms with Crippen LogP contribution in [0.15, 0.2) is 22.7 Å². The second kappa shape index (κ2) is 8.15. The van der Waals surface area contributed by atoms with Crippen molar-refractivity contribution < 1.29 is 14.6 Å². The molecular formula is C17H21BrN2O3. The number of aryl methyl sites for hydroxylation is 1. The van der Waals surface area contributed by atoms with E-state index >= 15 is 0 Å². The average Bonchev–Trinajstić information content (AvgIpc) is 2.90. The number of carboxylic acid groups (broad SMARTS) is 1. The lowest BCUT2D eigenvalue weighted by molar-refractivity contribution is 0.0697. The number of rotatable bonds is 8. The molecule has 0 bridgehead atoms. The van der Waals surface area contributed by atoms with Gasteiger partial charge in [-0.3, -0.25) is 5.10 Å². The van der Waals surface area contributed by atoms with Crippen LogP contribution in [0, 0.1) is 6.92 Å². The van der Waals surface area contributed by atoms with Gasteiger partial charge in [-0.15, -0.1) is 0 Å². The van der Waals surface area contributed by atoms with Crippen molar-refractivity contribution >= 4 is 21.9 Å². The Hall–Kier alpha value is -1.82. The molecule has 0 amide bonds. The lowest BCUT2D eigenvalue weighted by Gasteiger charge is -2.09. The molecule has 0 aliphatic heterocycles. The maximum Gasteiger partial charge on any atom is 0.339 e. The van der Waals surface area contributed by atoms with E-state index in [9.17, 15) is 9.90 Å². The summed E-state index contributed by atoms with van der Waals surface area (Å²) < 4.78 is 6.56. The summed E-state index contributed by atoms with van der Waals surface area (Å²) in [7, 11) is 0. The van der Waals surface area contributed by atoms with Crippen LogP contribution in [0.25, 0.3) is 11.3 Å². The molecule has 0 spiro atoms. The number of unbranched alkanes of at least 4 members (excludes halogenated alkanes) is 3. The van der Waals surface area contributed by atoms with Crippen molar-refractivity contribution in [3.63, 3.8) is 0 Å². The molecule has 0 aliphatic rings. The van der Waals surface area contributed by atoms with Crippen LogP contribution in [0.5, 0.6) is 5.75 Å². The van der Waals surface area contributed by atoms with Crippen LogP contribution in [-0.4, -0.2) is 27.9 Å². The van der Waals surface area contributed by atoms with Crippen LogP contribution >= 0.6 is 15.9 Å². The van der Waals surface area contributed by atoms with Crippen LogP contribution in [0.1, 0.15) is 48.7 Å². The van der Waals surface area contributed by atoms with Crippen LogP contribution < -0.4 is 4.74 Å². The van der Waals surface area contributed by atoms with Crippen molar-refractivity contribution in [1.29, 1.82) is 0 Å². The van der Waals surface area contributed by atoms with Crippen molar-refractivity contribution in [2.24, 2.45) is 0 Å². The van der Waals surface area contributed by atoms with E-state index in [4.69, 9.17) is 4.74 Å². The number of hydrogen-bond acceptors (Lipinski definition) is 3. The van der Waals surface area contributed by atoms with Crippen LogP contribution in [-0.2, 0) is 0 Å². The molecule has 6 heteroatoms. The monoisotopic (exact) mass is 380 g/mol. The minimum atomic E-state index is -0.987. The molecule has 0 unspecified atom stereocenters. The summed E-state index contributed by atoms with van der Waals surface area (Å²) in [5.74, 6) is -0.229. The van der Waals surface area contributed by atoms with Crippen molar-refractivity contribution in [2.75, 3.05) is 6.61 Å². The quantitative estimate of drug-likeness (QED) is 0.644. The molecule has 0 fully saturated rings. The maximum atomic E-state index is 11.4. The maximum absolute atomic E-state index is 11.4. The Labute approximate surface area is 144 Å².